The number of pyridine rings is 1. The highest BCUT2D eigenvalue weighted by Crippen LogP contribution is 2.52. The van der Waals surface area contributed by atoms with Gasteiger partial charge in [-0.05, 0) is 11.6 Å². The molecule has 9 nitrogen and oxygen atoms in total. The van der Waals surface area contributed by atoms with Crippen LogP contribution in [0.3, 0.4) is 0 Å². The van der Waals surface area contributed by atoms with E-state index in [2.05, 4.69) is 15.2 Å². The van der Waals surface area contributed by atoms with E-state index in [0.29, 0.717) is 31.3 Å². The van der Waals surface area contributed by atoms with Gasteiger partial charge in [-0.25, -0.2) is 0 Å². The average Bonchev–Trinajstić information content (AvgIpc) is 3.50. The summed E-state index contributed by atoms with van der Waals surface area (Å²) < 4.78 is 11.7. The number of carbonyl (C=O) groups excluding carboxylic acids is 2. The molecule has 9 heteroatoms. The summed E-state index contributed by atoms with van der Waals surface area (Å²) in [5.41, 5.74) is 0.217. The summed E-state index contributed by atoms with van der Waals surface area (Å²) in [7, 11) is 1.69. The highest BCUT2D eigenvalue weighted by molar-refractivity contribution is 5.92. The minimum Gasteiger partial charge on any atom is -0.423 e. The molecule has 5 heterocycles. The van der Waals surface area contributed by atoms with Gasteiger partial charge in [0.15, 0.2) is 0 Å². The summed E-state index contributed by atoms with van der Waals surface area (Å²) in [4.78, 5) is 34.0. The molecule has 2 saturated heterocycles. The van der Waals surface area contributed by atoms with Gasteiger partial charge in [0.25, 0.3) is 0 Å². The summed E-state index contributed by atoms with van der Waals surface area (Å²) in [5.74, 6) is -0.360. The molecule has 0 N–H and O–H groups in total. The van der Waals surface area contributed by atoms with Crippen LogP contribution in [0.2, 0.25) is 0 Å². The molecule has 2 amide bonds. The average molecular weight is 409 g/mol. The number of ether oxygens (including phenoxy) is 1. The van der Waals surface area contributed by atoms with Gasteiger partial charge in [0.2, 0.25) is 23.6 Å². The Morgan fingerprint density at radius 1 is 1.37 bits per heavy atom. The first-order chi connectivity index (χ1) is 14.5. The number of rotatable bonds is 6. The number of amides is 2. The molecule has 0 aliphatic carbocycles. The van der Waals surface area contributed by atoms with Gasteiger partial charge >= 0.3 is 0 Å². The first kappa shape index (κ1) is 18.9. The third-order valence-electron chi connectivity index (χ3n) is 6.12. The van der Waals surface area contributed by atoms with Crippen LogP contribution >= 0.6 is 0 Å². The Morgan fingerprint density at radius 2 is 2.20 bits per heavy atom. The van der Waals surface area contributed by atoms with Crippen molar-refractivity contribution in [2.75, 3.05) is 13.6 Å². The monoisotopic (exact) mass is 409 g/mol. The summed E-state index contributed by atoms with van der Waals surface area (Å²) in [6.07, 6.45) is 7.57. The molecule has 0 radical (unpaired) electrons. The number of fused-ring (bicyclic) bond motifs is 1. The fraction of sp³-hybridized carbons (Fsp3) is 0.476. The van der Waals surface area contributed by atoms with Crippen LogP contribution in [0.15, 0.2) is 41.1 Å². The van der Waals surface area contributed by atoms with Crippen LogP contribution < -0.4 is 0 Å². The third kappa shape index (κ3) is 2.92. The second-order valence-electron chi connectivity index (χ2n) is 8.09. The maximum Gasteiger partial charge on any atom is 0.235 e. The minimum absolute atomic E-state index is 0.0523. The lowest BCUT2D eigenvalue weighted by Gasteiger charge is -2.27. The number of carbonyl (C=O) groups is 2. The zero-order chi connectivity index (χ0) is 20.9. The Hall–Kier alpha value is -3.07. The van der Waals surface area contributed by atoms with Gasteiger partial charge in [-0.15, -0.1) is 10.2 Å². The van der Waals surface area contributed by atoms with Crippen molar-refractivity contribution < 1.29 is 18.7 Å². The fourth-order valence-electron chi connectivity index (χ4n) is 4.74. The molecular formula is C21H23N5O4. The van der Waals surface area contributed by atoms with Crippen LogP contribution in [0.5, 0.6) is 0 Å². The van der Waals surface area contributed by atoms with Crippen molar-refractivity contribution >= 4 is 11.8 Å². The van der Waals surface area contributed by atoms with Crippen molar-refractivity contribution in [1.82, 2.24) is 25.0 Å². The molecular weight excluding hydrogens is 386 g/mol. The van der Waals surface area contributed by atoms with Crippen LogP contribution in [0.1, 0.15) is 24.3 Å². The van der Waals surface area contributed by atoms with E-state index < -0.39 is 17.4 Å². The van der Waals surface area contributed by atoms with E-state index in [9.17, 15) is 9.59 Å². The third-order valence-corrected chi connectivity index (χ3v) is 6.12. The smallest absolute Gasteiger partial charge is 0.235 e. The lowest BCUT2D eigenvalue weighted by molar-refractivity contribution is -0.143. The molecule has 2 aromatic rings. The van der Waals surface area contributed by atoms with Crippen molar-refractivity contribution in [2.45, 2.75) is 38.1 Å². The number of hydrogen-bond acceptors (Lipinski definition) is 7. The molecule has 30 heavy (non-hydrogen) atoms. The van der Waals surface area contributed by atoms with Gasteiger partial charge in [-0.3, -0.25) is 14.6 Å². The van der Waals surface area contributed by atoms with Crippen molar-refractivity contribution in [2.24, 2.45) is 11.8 Å². The SMILES string of the molecule is CCc1nnc(CN(C)C(=O)[C@@H]2[C@@H]3C=C[C@@]4(CN(Cc5cccnc5)C(=O)[C@H]24)O3)o1. The van der Waals surface area contributed by atoms with Crippen molar-refractivity contribution in [3.8, 4) is 0 Å². The molecule has 4 atom stereocenters. The number of aryl methyl sites for hydroxylation is 1. The number of nitrogens with zero attached hydrogens (tertiary/aromatic N) is 5. The van der Waals surface area contributed by atoms with Crippen LogP contribution in [0.25, 0.3) is 0 Å². The van der Waals surface area contributed by atoms with Gasteiger partial charge in [0.05, 0.1) is 31.0 Å². The molecule has 3 aliphatic heterocycles. The van der Waals surface area contributed by atoms with Crippen LogP contribution in [0.4, 0.5) is 0 Å². The molecule has 3 aliphatic rings. The Labute approximate surface area is 173 Å². The zero-order valence-corrected chi connectivity index (χ0v) is 16.9. The number of hydrogen-bond donors (Lipinski definition) is 0. The van der Waals surface area contributed by atoms with E-state index in [1.807, 2.05) is 31.2 Å². The second-order valence-corrected chi connectivity index (χ2v) is 8.09. The molecule has 2 aromatic heterocycles. The lowest BCUT2D eigenvalue weighted by Crippen LogP contribution is -2.44. The Kier molecular flexibility index (Phi) is 4.43. The predicted octanol–water partition coefficient (Wildman–Crippen LogP) is 0.968. The Morgan fingerprint density at radius 3 is 2.93 bits per heavy atom. The minimum atomic E-state index is -0.731. The van der Waals surface area contributed by atoms with E-state index in [-0.39, 0.29) is 24.5 Å². The quantitative estimate of drug-likeness (QED) is 0.655. The van der Waals surface area contributed by atoms with Crippen LogP contribution in [-0.2, 0) is 33.8 Å². The van der Waals surface area contributed by atoms with E-state index in [0.717, 1.165) is 5.56 Å². The molecule has 0 aromatic carbocycles. The van der Waals surface area contributed by atoms with Gasteiger partial charge in [0, 0.05) is 32.4 Å². The zero-order valence-electron chi connectivity index (χ0n) is 16.9. The Balaban J connectivity index is 1.34. The van der Waals surface area contributed by atoms with E-state index in [4.69, 9.17) is 9.15 Å². The maximum absolute atomic E-state index is 13.3. The molecule has 156 valence electrons. The van der Waals surface area contributed by atoms with Gasteiger partial charge in [-0.2, -0.15) is 0 Å². The molecule has 0 saturated carbocycles. The summed E-state index contributed by atoms with van der Waals surface area (Å²) in [6, 6.07) is 3.78. The number of likely N-dealkylation sites (tertiary alicyclic amines) is 1. The second kappa shape index (κ2) is 7.02. The highest BCUT2D eigenvalue weighted by Gasteiger charge is 2.67. The molecule has 0 unspecified atom stereocenters. The summed E-state index contributed by atoms with van der Waals surface area (Å²) >= 11 is 0. The highest BCUT2D eigenvalue weighted by atomic mass is 16.5. The van der Waals surface area contributed by atoms with Crippen LogP contribution in [0, 0.1) is 11.8 Å². The number of aromatic nitrogens is 3. The van der Waals surface area contributed by atoms with Gasteiger partial charge in [-0.1, -0.05) is 25.1 Å². The predicted molar refractivity (Wildman–Crippen MR) is 104 cm³/mol. The largest absolute Gasteiger partial charge is 0.423 e. The summed E-state index contributed by atoms with van der Waals surface area (Å²) in [5, 5.41) is 7.93. The van der Waals surface area contributed by atoms with E-state index >= 15 is 0 Å². The normalized spacial score (nSPS) is 28.9. The van der Waals surface area contributed by atoms with Crippen molar-refractivity contribution in [3.63, 3.8) is 0 Å². The topological polar surface area (TPSA) is 102 Å². The standard InChI is InChI=1S/C21H23N5O4/c1-3-15-23-24-16(29-15)11-25(2)19(27)17-14-6-7-21(30-14)12-26(20(28)18(17)21)10-13-5-4-8-22-9-13/h4-9,14,17-18H,3,10-12H2,1-2H3/t14-,17+,18-,21-/m0/s1. The van der Waals surface area contributed by atoms with Gasteiger partial charge in [0.1, 0.15) is 5.60 Å². The molecule has 1 spiro atoms. The Bertz CT molecular complexity index is 1010. The molecule has 5 rings (SSSR count). The first-order valence-corrected chi connectivity index (χ1v) is 10.1. The molecule has 2 fully saturated rings. The van der Waals surface area contributed by atoms with Crippen molar-refractivity contribution in [1.29, 1.82) is 0 Å². The van der Waals surface area contributed by atoms with Gasteiger partial charge < -0.3 is 19.0 Å². The van der Waals surface area contributed by atoms with Crippen molar-refractivity contribution in [3.05, 3.63) is 54.0 Å². The first-order valence-electron chi connectivity index (χ1n) is 10.1. The maximum atomic E-state index is 13.3. The fourth-order valence-corrected chi connectivity index (χ4v) is 4.74. The summed E-state index contributed by atoms with van der Waals surface area (Å²) in [6.45, 7) is 3.01. The molecule has 2 bridgehead atoms. The van der Waals surface area contributed by atoms with E-state index in [1.54, 1.807) is 29.2 Å². The lowest BCUT2D eigenvalue weighted by atomic mass is 9.76. The van der Waals surface area contributed by atoms with E-state index in [1.165, 1.54) is 0 Å². The van der Waals surface area contributed by atoms with Crippen LogP contribution in [-0.4, -0.2) is 62.1 Å².